The van der Waals surface area contributed by atoms with Crippen LogP contribution in [0.2, 0.25) is 0 Å². The van der Waals surface area contributed by atoms with Crippen molar-refractivity contribution in [1.29, 1.82) is 0 Å². The van der Waals surface area contributed by atoms with Crippen LogP contribution in [0, 0.1) is 5.92 Å². The van der Waals surface area contributed by atoms with Crippen molar-refractivity contribution in [2.24, 2.45) is 5.92 Å². The predicted octanol–water partition coefficient (Wildman–Crippen LogP) is 3.98. The molecule has 1 aromatic rings. The third-order valence-corrected chi connectivity index (χ3v) is 4.15. The van der Waals surface area contributed by atoms with Crippen LogP contribution in [0.25, 0.3) is 0 Å². The van der Waals surface area contributed by atoms with Crippen LogP contribution in [0.3, 0.4) is 0 Å². The van der Waals surface area contributed by atoms with Crippen molar-refractivity contribution in [3.63, 3.8) is 0 Å². The molecule has 1 aliphatic carbocycles. The Labute approximate surface area is 130 Å². The Morgan fingerprint density at radius 3 is 2.57 bits per heavy atom. The van der Waals surface area contributed by atoms with Gasteiger partial charge in [-0.3, -0.25) is 4.98 Å². The lowest BCUT2D eigenvalue weighted by molar-refractivity contribution is 0.534. The van der Waals surface area contributed by atoms with Crippen LogP contribution in [-0.2, 0) is 6.54 Å². The molecule has 0 radical (unpaired) electrons. The minimum atomic E-state index is 0.497. The van der Waals surface area contributed by atoms with E-state index in [9.17, 15) is 0 Å². The van der Waals surface area contributed by atoms with Crippen molar-refractivity contribution in [1.82, 2.24) is 10.3 Å². The maximum Gasteiger partial charge on any atom is 0.0562 e. The lowest BCUT2D eigenvalue weighted by Gasteiger charge is -2.33. The second-order valence-corrected chi connectivity index (χ2v) is 7.03. The highest BCUT2D eigenvalue weighted by Crippen LogP contribution is 2.29. The Morgan fingerprint density at radius 2 is 1.95 bits per heavy atom. The lowest BCUT2D eigenvalue weighted by atomic mass is 10.1. The summed E-state index contributed by atoms with van der Waals surface area (Å²) in [6.07, 6.45) is 7.41. The van der Waals surface area contributed by atoms with E-state index in [1.807, 2.05) is 6.20 Å². The molecule has 1 aliphatic rings. The van der Waals surface area contributed by atoms with Gasteiger partial charge in [0.2, 0.25) is 0 Å². The van der Waals surface area contributed by atoms with Gasteiger partial charge in [-0.2, -0.15) is 0 Å². The van der Waals surface area contributed by atoms with Gasteiger partial charge in [-0.25, -0.2) is 0 Å². The maximum absolute atomic E-state index is 4.51. The van der Waals surface area contributed by atoms with Gasteiger partial charge in [0.25, 0.3) is 0 Å². The van der Waals surface area contributed by atoms with E-state index >= 15 is 0 Å². The predicted molar refractivity (Wildman–Crippen MR) is 90.7 cm³/mol. The lowest BCUT2D eigenvalue weighted by Crippen LogP contribution is -2.36. The van der Waals surface area contributed by atoms with Crippen molar-refractivity contribution in [2.75, 3.05) is 11.4 Å². The molecule has 21 heavy (non-hydrogen) atoms. The minimum absolute atomic E-state index is 0.497. The van der Waals surface area contributed by atoms with Gasteiger partial charge in [0.1, 0.15) is 0 Å². The van der Waals surface area contributed by atoms with E-state index in [0.717, 1.165) is 24.8 Å². The molecule has 0 unspecified atom stereocenters. The van der Waals surface area contributed by atoms with E-state index < -0.39 is 0 Å². The topological polar surface area (TPSA) is 28.2 Å². The quantitative estimate of drug-likeness (QED) is 0.823. The largest absolute Gasteiger partial charge is 0.368 e. The standard InChI is InChI=1S/C18H31N3/c1-14(2)13-21(17-7-5-6-8-17)18-9-10-19-16(11-18)12-20-15(3)4/h9-11,14-15,17,20H,5-8,12-13H2,1-4H3. The van der Waals surface area contributed by atoms with Gasteiger partial charge in [-0.05, 0) is 30.9 Å². The summed E-state index contributed by atoms with van der Waals surface area (Å²) in [7, 11) is 0. The van der Waals surface area contributed by atoms with Gasteiger partial charge < -0.3 is 10.2 Å². The number of anilines is 1. The number of rotatable bonds is 7. The fourth-order valence-electron chi connectivity index (χ4n) is 3.12. The van der Waals surface area contributed by atoms with E-state index in [0.29, 0.717) is 12.0 Å². The average molecular weight is 289 g/mol. The summed E-state index contributed by atoms with van der Waals surface area (Å²) >= 11 is 0. The first kappa shape index (κ1) is 16.3. The van der Waals surface area contributed by atoms with E-state index in [2.05, 4.69) is 55.0 Å². The Bertz CT molecular complexity index is 422. The van der Waals surface area contributed by atoms with Gasteiger partial charge in [-0.15, -0.1) is 0 Å². The number of hydrogen-bond donors (Lipinski definition) is 1. The second kappa shape index (κ2) is 7.79. The Kier molecular flexibility index (Phi) is 6.04. The molecule has 1 N–H and O–H groups in total. The number of nitrogens with one attached hydrogen (secondary N) is 1. The molecule has 0 amide bonds. The molecule has 118 valence electrons. The monoisotopic (exact) mass is 289 g/mol. The van der Waals surface area contributed by atoms with Crippen LogP contribution in [-0.4, -0.2) is 23.6 Å². The Hall–Kier alpha value is -1.09. The molecule has 0 bridgehead atoms. The summed E-state index contributed by atoms with van der Waals surface area (Å²) in [5.74, 6) is 0.691. The summed E-state index contributed by atoms with van der Waals surface area (Å²) < 4.78 is 0. The first-order valence-corrected chi connectivity index (χ1v) is 8.51. The number of pyridine rings is 1. The Balaban J connectivity index is 2.12. The zero-order valence-electron chi connectivity index (χ0n) is 14.1. The summed E-state index contributed by atoms with van der Waals surface area (Å²) in [5.41, 5.74) is 2.50. The maximum atomic E-state index is 4.51. The van der Waals surface area contributed by atoms with Gasteiger partial charge in [0.05, 0.1) is 5.69 Å². The third kappa shape index (κ3) is 4.99. The third-order valence-electron chi connectivity index (χ3n) is 4.15. The van der Waals surface area contributed by atoms with Gasteiger partial charge in [0.15, 0.2) is 0 Å². The van der Waals surface area contributed by atoms with Crippen LogP contribution >= 0.6 is 0 Å². The SMILES string of the molecule is CC(C)CN(c1ccnc(CNC(C)C)c1)C1CCCC1. The second-order valence-electron chi connectivity index (χ2n) is 7.03. The normalized spacial score (nSPS) is 16.1. The number of aromatic nitrogens is 1. The summed E-state index contributed by atoms with van der Waals surface area (Å²) in [5, 5.41) is 3.46. The molecule has 3 heteroatoms. The van der Waals surface area contributed by atoms with Crippen LogP contribution in [0.15, 0.2) is 18.3 Å². The van der Waals surface area contributed by atoms with Crippen LogP contribution in [0.1, 0.15) is 59.1 Å². The molecule has 1 aromatic heterocycles. The summed E-state index contributed by atoms with van der Waals surface area (Å²) in [4.78, 5) is 7.13. The molecule has 0 spiro atoms. The van der Waals surface area contributed by atoms with Crippen molar-refractivity contribution in [2.45, 2.75) is 72.0 Å². The fourth-order valence-corrected chi connectivity index (χ4v) is 3.12. The fraction of sp³-hybridized carbons (Fsp3) is 0.722. The van der Waals surface area contributed by atoms with Crippen LogP contribution in [0.5, 0.6) is 0 Å². The van der Waals surface area contributed by atoms with Gasteiger partial charge >= 0.3 is 0 Å². The van der Waals surface area contributed by atoms with E-state index in [-0.39, 0.29) is 0 Å². The zero-order chi connectivity index (χ0) is 15.2. The summed E-state index contributed by atoms with van der Waals surface area (Å²) in [6, 6.07) is 5.67. The molecular formula is C18H31N3. The molecule has 1 saturated carbocycles. The van der Waals surface area contributed by atoms with Crippen LogP contribution in [0.4, 0.5) is 5.69 Å². The molecule has 0 aliphatic heterocycles. The summed E-state index contributed by atoms with van der Waals surface area (Å²) in [6.45, 7) is 11.0. The average Bonchev–Trinajstić information content (AvgIpc) is 2.96. The first-order valence-electron chi connectivity index (χ1n) is 8.51. The first-order chi connectivity index (χ1) is 10.1. The van der Waals surface area contributed by atoms with E-state index in [1.54, 1.807) is 0 Å². The van der Waals surface area contributed by atoms with Crippen molar-refractivity contribution in [3.05, 3.63) is 24.0 Å². The zero-order valence-corrected chi connectivity index (χ0v) is 14.1. The highest BCUT2D eigenvalue weighted by Gasteiger charge is 2.23. The van der Waals surface area contributed by atoms with Crippen molar-refractivity contribution >= 4 is 5.69 Å². The van der Waals surface area contributed by atoms with Crippen molar-refractivity contribution in [3.8, 4) is 0 Å². The molecule has 0 aromatic carbocycles. The molecule has 0 saturated heterocycles. The molecule has 2 rings (SSSR count). The van der Waals surface area contributed by atoms with Crippen molar-refractivity contribution < 1.29 is 0 Å². The smallest absolute Gasteiger partial charge is 0.0562 e. The molecule has 0 atom stereocenters. The van der Waals surface area contributed by atoms with Gasteiger partial charge in [-0.1, -0.05) is 40.5 Å². The highest BCUT2D eigenvalue weighted by molar-refractivity contribution is 5.48. The van der Waals surface area contributed by atoms with Crippen LogP contribution < -0.4 is 10.2 Å². The Morgan fingerprint density at radius 1 is 1.24 bits per heavy atom. The molecule has 3 nitrogen and oxygen atoms in total. The molecular weight excluding hydrogens is 258 g/mol. The minimum Gasteiger partial charge on any atom is -0.368 e. The highest BCUT2D eigenvalue weighted by atomic mass is 15.2. The van der Waals surface area contributed by atoms with E-state index in [4.69, 9.17) is 0 Å². The number of hydrogen-bond acceptors (Lipinski definition) is 3. The van der Waals surface area contributed by atoms with Gasteiger partial charge in [0, 0.05) is 37.1 Å². The van der Waals surface area contributed by atoms with E-state index in [1.165, 1.54) is 31.4 Å². The molecule has 1 fully saturated rings. The molecule has 1 heterocycles. The number of nitrogens with zero attached hydrogens (tertiary/aromatic N) is 2.